The first-order chi connectivity index (χ1) is 10.2. The molecule has 2 nitrogen and oxygen atoms in total. The third kappa shape index (κ3) is 2.67. The summed E-state index contributed by atoms with van der Waals surface area (Å²) >= 11 is 1.74. The zero-order valence-corrected chi connectivity index (χ0v) is 13.1. The molecule has 0 amide bonds. The van der Waals surface area contributed by atoms with E-state index >= 15 is 0 Å². The van der Waals surface area contributed by atoms with Crippen LogP contribution in [-0.2, 0) is 0 Å². The molecular weight excluding hydrogens is 278 g/mol. The van der Waals surface area contributed by atoms with Crippen molar-refractivity contribution in [1.29, 1.82) is 0 Å². The van der Waals surface area contributed by atoms with Gasteiger partial charge in [-0.25, -0.2) is 0 Å². The van der Waals surface area contributed by atoms with Crippen molar-refractivity contribution in [3.8, 4) is 5.75 Å². The Hall–Kier alpha value is -1.84. The second-order valence-corrected chi connectivity index (χ2v) is 6.05. The summed E-state index contributed by atoms with van der Waals surface area (Å²) in [5, 5.41) is 3.40. The first-order valence-electron chi connectivity index (χ1n) is 7.15. The minimum atomic E-state index is -0.164. The SMILES string of the molecule is CCOc1ccc(C)cc1C(N)c1csc2ccccc12. The predicted octanol–water partition coefficient (Wildman–Crippen LogP) is 4.66. The molecule has 0 aliphatic heterocycles. The van der Waals surface area contributed by atoms with E-state index in [0.717, 1.165) is 11.3 Å². The topological polar surface area (TPSA) is 35.2 Å². The second kappa shape index (κ2) is 5.88. The van der Waals surface area contributed by atoms with Crippen molar-refractivity contribution in [3.63, 3.8) is 0 Å². The molecule has 0 bridgehead atoms. The highest BCUT2D eigenvalue weighted by Gasteiger charge is 2.18. The summed E-state index contributed by atoms with van der Waals surface area (Å²) in [6.45, 7) is 4.72. The monoisotopic (exact) mass is 297 g/mol. The van der Waals surface area contributed by atoms with E-state index in [4.69, 9.17) is 10.5 Å². The van der Waals surface area contributed by atoms with E-state index in [2.05, 4.69) is 48.7 Å². The summed E-state index contributed by atoms with van der Waals surface area (Å²) in [6.07, 6.45) is 0. The van der Waals surface area contributed by atoms with Gasteiger partial charge in [0.2, 0.25) is 0 Å². The highest BCUT2D eigenvalue weighted by atomic mass is 32.1. The molecule has 2 aromatic carbocycles. The van der Waals surface area contributed by atoms with Crippen molar-refractivity contribution in [2.75, 3.05) is 6.61 Å². The van der Waals surface area contributed by atoms with Gasteiger partial charge in [0.15, 0.2) is 0 Å². The molecule has 0 aliphatic rings. The van der Waals surface area contributed by atoms with Crippen LogP contribution in [0, 0.1) is 6.92 Å². The van der Waals surface area contributed by atoms with E-state index in [9.17, 15) is 0 Å². The van der Waals surface area contributed by atoms with Gasteiger partial charge in [-0.1, -0.05) is 35.9 Å². The Balaban J connectivity index is 2.09. The summed E-state index contributed by atoms with van der Waals surface area (Å²) in [6, 6.07) is 14.4. The van der Waals surface area contributed by atoms with Crippen LogP contribution in [0.1, 0.15) is 29.7 Å². The molecule has 1 aromatic heterocycles. The number of hydrogen-bond donors (Lipinski definition) is 1. The third-order valence-corrected chi connectivity index (χ3v) is 4.63. The quantitative estimate of drug-likeness (QED) is 0.760. The normalized spacial score (nSPS) is 12.5. The molecule has 0 aliphatic carbocycles. The van der Waals surface area contributed by atoms with Crippen LogP contribution in [0.15, 0.2) is 47.8 Å². The highest BCUT2D eigenvalue weighted by Crippen LogP contribution is 2.35. The summed E-state index contributed by atoms with van der Waals surface area (Å²) in [4.78, 5) is 0. The van der Waals surface area contributed by atoms with Crippen molar-refractivity contribution in [3.05, 3.63) is 64.5 Å². The number of fused-ring (bicyclic) bond motifs is 1. The minimum absolute atomic E-state index is 0.164. The van der Waals surface area contributed by atoms with Crippen molar-refractivity contribution in [1.82, 2.24) is 0 Å². The van der Waals surface area contributed by atoms with Crippen LogP contribution in [0.2, 0.25) is 0 Å². The Labute approximate surface area is 129 Å². The lowest BCUT2D eigenvalue weighted by atomic mass is 9.97. The van der Waals surface area contributed by atoms with Crippen LogP contribution in [-0.4, -0.2) is 6.61 Å². The maximum atomic E-state index is 6.55. The predicted molar refractivity (Wildman–Crippen MR) is 90.2 cm³/mol. The second-order valence-electron chi connectivity index (χ2n) is 5.14. The standard InChI is InChI=1S/C18H19NOS/c1-3-20-16-9-8-12(2)10-14(16)18(19)15-11-21-17-7-5-4-6-13(15)17/h4-11,18H,3,19H2,1-2H3. The van der Waals surface area contributed by atoms with Gasteiger partial charge in [0, 0.05) is 10.3 Å². The molecule has 1 atom stereocenters. The molecular formula is C18H19NOS. The molecule has 2 N–H and O–H groups in total. The number of aryl methyl sites for hydroxylation is 1. The third-order valence-electron chi connectivity index (χ3n) is 3.65. The van der Waals surface area contributed by atoms with E-state index < -0.39 is 0 Å². The Morgan fingerprint density at radius 3 is 2.76 bits per heavy atom. The Bertz CT molecular complexity index is 763. The van der Waals surface area contributed by atoms with Gasteiger partial charge in [0.05, 0.1) is 12.6 Å². The molecule has 3 rings (SSSR count). The molecule has 0 saturated heterocycles. The zero-order chi connectivity index (χ0) is 14.8. The van der Waals surface area contributed by atoms with Crippen molar-refractivity contribution < 1.29 is 4.74 Å². The Morgan fingerprint density at radius 1 is 1.14 bits per heavy atom. The fourth-order valence-corrected chi connectivity index (χ4v) is 3.60. The van der Waals surface area contributed by atoms with Gasteiger partial charge < -0.3 is 10.5 Å². The van der Waals surface area contributed by atoms with Crippen LogP contribution in [0.25, 0.3) is 10.1 Å². The van der Waals surface area contributed by atoms with E-state index in [-0.39, 0.29) is 6.04 Å². The van der Waals surface area contributed by atoms with Crippen LogP contribution in [0.4, 0.5) is 0 Å². The molecule has 1 heterocycles. The fraction of sp³-hybridized carbons (Fsp3) is 0.222. The smallest absolute Gasteiger partial charge is 0.124 e. The van der Waals surface area contributed by atoms with E-state index in [0.29, 0.717) is 6.61 Å². The largest absolute Gasteiger partial charge is 0.494 e. The molecule has 3 heteroatoms. The maximum Gasteiger partial charge on any atom is 0.124 e. The number of benzene rings is 2. The summed E-state index contributed by atoms with van der Waals surface area (Å²) in [5.41, 5.74) is 9.98. The number of hydrogen-bond acceptors (Lipinski definition) is 3. The average molecular weight is 297 g/mol. The average Bonchev–Trinajstić information content (AvgIpc) is 2.92. The highest BCUT2D eigenvalue weighted by molar-refractivity contribution is 7.17. The van der Waals surface area contributed by atoms with Gasteiger partial charge in [-0.05, 0) is 42.3 Å². The summed E-state index contributed by atoms with van der Waals surface area (Å²) in [5.74, 6) is 0.880. The van der Waals surface area contributed by atoms with Gasteiger partial charge in [-0.3, -0.25) is 0 Å². The summed E-state index contributed by atoms with van der Waals surface area (Å²) < 4.78 is 7.02. The fourth-order valence-electron chi connectivity index (χ4n) is 2.60. The lowest BCUT2D eigenvalue weighted by Crippen LogP contribution is -2.13. The number of rotatable bonds is 4. The minimum Gasteiger partial charge on any atom is -0.494 e. The molecule has 0 saturated carbocycles. The van der Waals surface area contributed by atoms with Crippen molar-refractivity contribution >= 4 is 21.4 Å². The van der Waals surface area contributed by atoms with Gasteiger partial charge in [-0.2, -0.15) is 0 Å². The van der Waals surface area contributed by atoms with Crippen LogP contribution in [0.5, 0.6) is 5.75 Å². The molecule has 0 radical (unpaired) electrons. The van der Waals surface area contributed by atoms with E-state index in [1.807, 2.05) is 13.0 Å². The summed E-state index contributed by atoms with van der Waals surface area (Å²) in [7, 11) is 0. The van der Waals surface area contributed by atoms with Crippen LogP contribution in [0.3, 0.4) is 0 Å². The van der Waals surface area contributed by atoms with E-state index in [1.54, 1.807) is 11.3 Å². The van der Waals surface area contributed by atoms with Crippen molar-refractivity contribution in [2.45, 2.75) is 19.9 Å². The van der Waals surface area contributed by atoms with E-state index in [1.165, 1.54) is 21.2 Å². The number of ether oxygens (including phenoxy) is 1. The lowest BCUT2D eigenvalue weighted by molar-refractivity contribution is 0.335. The lowest BCUT2D eigenvalue weighted by Gasteiger charge is -2.17. The van der Waals surface area contributed by atoms with Crippen LogP contribution < -0.4 is 10.5 Å². The van der Waals surface area contributed by atoms with Gasteiger partial charge in [-0.15, -0.1) is 11.3 Å². The van der Waals surface area contributed by atoms with Crippen molar-refractivity contribution in [2.24, 2.45) is 5.73 Å². The molecule has 0 fully saturated rings. The van der Waals surface area contributed by atoms with Crippen LogP contribution >= 0.6 is 11.3 Å². The molecule has 0 spiro atoms. The molecule has 108 valence electrons. The first kappa shape index (κ1) is 14.1. The molecule has 21 heavy (non-hydrogen) atoms. The van der Waals surface area contributed by atoms with Gasteiger partial charge in [0.1, 0.15) is 5.75 Å². The van der Waals surface area contributed by atoms with Gasteiger partial charge in [0.25, 0.3) is 0 Å². The Morgan fingerprint density at radius 2 is 1.95 bits per heavy atom. The molecule has 1 unspecified atom stereocenters. The molecule has 3 aromatic rings. The zero-order valence-electron chi connectivity index (χ0n) is 12.3. The van der Waals surface area contributed by atoms with Gasteiger partial charge >= 0.3 is 0 Å². The maximum absolute atomic E-state index is 6.55. The first-order valence-corrected chi connectivity index (χ1v) is 8.03. The number of nitrogens with two attached hydrogens (primary N) is 1. The Kier molecular flexibility index (Phi) is 3.95. The number of thiophene rings is 1.